The van der Waals surface area contributed by atoms with Crippen molar-refractivity contribution in [3.8, 4) is 0 Å². The molecule has 0 radical (unpaired) electrons. The third kappa shape index (κ3) is 3.71. The summed E-state index contributed by atoms with van der Waals surface area (Å²) in [5.41, 5.74) is 0.488. The van der Waals surface area contributed by atoms with E-state index in [0.717, 1.165) is 5.56 Å². The lowest BCUT2D eigenvalue weighted by Crippen LogP contribution is -2.16. The van der Waals surface area contributed by atoms with E-state index in [2.05, 4.69) is 10.3 Å². The number of pyridine rings is 1. The summed E-state index contributed by atoms with van der Waals surface area (Å²) >= 11 is 11.9. The maximum atomic E-state index is 10.9. The minimum atomic E-state index is -1.31. The molecule has 2 aromatic rings. The van der Waals surface area contributed by atoms with Gasteiger partial charge in [0.25, 0.3) is 0 Å². The number of halogens is 2. The Morgan fingerprint density at radius 1 is 1.33 bits per heavy atom. The molecule has 0 spiro atoms. The zero-order valence-corrected chi connectivity index (χ0v) is 12.2. The molecule has 0 saturated carbocycles. The average Bonchev–Trinajstić information content (AvgIpc) is 2.46. The number of nitrogens with zero attached hydrogens (tertiary/aromatic N) is 1. The summed E-state index contributed by atoms with van der Waals surface area (Å²) in [6.45, 7) is 0.340. The molecule has 1 heterocycles. The van der Waals surface area contributed by atoms with Crippen LogP contribution >= 0.6 is 23.2 Å². The number of aromatic nitrogens is 1. The smallest absolute Gasteiger partial charge is 0.354 e. The number of anilines is 1. The van der Waals surface area contributed by atoms with Crippen LogP contribution in [0.5, 0.6) is 0 Å². The van der Waals surface area contributed by atoms with Gasteiger partial charge in [0.2, 0.25) is 0 Å². The van der Waals surface area contributed by atoms with Crippen LogP contribution < -0.4 is 5.32 Å². The topological polar surface area (TPSA) is 86.1 Å². The molecule has 0 saturated heterocycles. The number of nitrogens with one attached hydrogen (secondary N) is 2. The van der Waals surface area contributed by atoms with Crippen LogP contribution in [0.15, 0.2) is 36.5 Å². The minimum Gasteiger partial charge on any atom is -0.477 e. The van der Waals surface area contributed by atoms with Gasteiger partial charge >= 0.3 is 5.97 Å². The van der Waals surface area contributed by atoms with E-state index in [1.807, 2.05) is 0 Å². The molecule has 7 heteroatoms. The fraction of sp³-hybridized carbons (Fsp3) is 0.0714. The van der Waals surface area contributed by atoms with E-state index in [9.17, 15) is 4.79 Å². The van der Waals surface area contributed by atoms with Gasteiger partial charge in [-0.2, -0.15) is 0 Å². The Bertz CT molecular complexity index is 704. The predicted molar refractivity (Wildman–Crippen MR) is 82.5 cm³/mol. The van der Waals surface area contributed by atoms with Gasteiger partial charge in [-0.25, -0.2) is 9.78 Å². The molecule has 1 aromatic carbocycles. The first-order valence-corrected chi connectivity index (χ1v) is 6.69. The molecule has 0 fully saturated rings. The number of benzene rings is 1. The van der Waals surface area contributed by atoms with Crippen molar-refractivity contribution >= 4 is 40.7 Å². The van der Waals surface area contributed by atoms with Crippen molar-refractivity contribution in [1.82, 2.24) is 4.98 Å². The van der Waals surface area contributed by atoms with Crippen molar-refractivity contribution in [3.05, 3.63) is 57.7 Å². The number of carboxylic acid groups (broad SMARTS) is 1. The van der Waals surface area contributed by atoms with Crippen LogP contribution in [0.1, 0.15) is 11.1 Å². The lowest BCUT2D eigenvalue weighted by Gasteiger charge is -2.11. The molecular formula is C14H11Cl2N3O2. The van der Waals surface area contributed by atoms with Gasteiger partial charge in [0.1, 0.15) is 5.82 Å². The van der Waals surface area contributed by atoms with E-state index >= 15 is 0 Å². The molecule has 21 heavy (non-hydrogen) atoms. The Morgan fingerprint density at radius 2 is 2.10 bits per heavy atom. The number of hydrogen-bond donors (Lipinski definition) is 3. The highest BCUT2D eigenvalue weighted by molar-refractivity contribution is 6.42. The highest BCUT2D eigenvalue weighted by atomic mass is 35.5. The molecule has 0 amide bonds. The van der Waals surface area contributed by atoms with E-state index in [-0.39, 0.29) is 5.56 Å². The van der Waals surface area contributed by atoms with Crippen molar-refractivity contribution in [3.63, 3.8) is 0 Å². The Labute approximate surface area is 131 Å². The number of carboxylic acids is 1. The van der Waals surface area contributed by atoms with Crippen LogP contribution in [0.4, 0.5) is 5.82 Å². The monoisotopic (exact) mass is 323 g/mol. The van der Waals surface area contributed by atoms with Gasteiger partial charge < -0.3 is 10.4 Å². The van der Waals surface area contributed by atoms with Crippen LogP contribution in [-0.4, -0.2) is 21.8 Å². The SMILES string of the molecule is N=C(C(=O)O)c1cccnc1NCc1ccc(Cl)cc1Cl. The van der Waals surface area contributed by atoms with Gasteiger partial charge in [-0.15, -0.1) is 0 Å². The molecule has 0 aliphatic rings. The maximum Gasteiger partial charge on any atom is 0.354 e. The van der Waals surface area contributed by atoms with Gasteiger partial charge in [0.05, 0.1) is 0 Å². The fourth-order valence-corrected chi connectivity index (χ4v) is 2.18. The summed E-state index contributed by atoms with van der Waals surface area (Å²) in [7, 11) is 0. The maximum absolute atomic E-state index is 10.9. The lowest BCUT2D eigenvalue weighted by molar-refractivity contribution is -0.129. The van der Waals surface area contributed by atoms with Gasteiger partial charge in [0.15, 0.2) is 5.71 Å². The molecule has 0 atom stereocenters. The molecule has 0 unspecified atom stereocenters. The normalized spacial score (nSPS) is 10.2. The molecule has 108 valence electrons. The number of aliphatic carboxylic acids is 1. The van der Waals surface area contributed by atoms with Gasteiger partial charge in [-0.3, -0.25) is 5.41 Å². The number of hydrogen-bond acceptors (Lipinski definition) is 4. The number of carbonyl (C=O) groups is 1. The third-order valence-corrected chi connectivity index (χ3v) is 3.34. The molecule has 3 N–H and O–H groups in total. The Kier molecular flexibility index (Phi) is 4.77. The molecule has 2 rings (SSSR count). The van der Waals surface area contributed by atoms with Gasteiger partial charge in [-0.1, -0.05) is 29.3 Å². The van der Waals surface area contributed by atoms with Crippen molar-refractivity contribution < 1.29 is 9.90 Å². The van der Waals surface area contributed by atoms with Crippen LogP contribution in [0.3, 0.4) is 0 Å². The second kappa shape index (κ2) is 6.56. The Balaban J connectivity index is 2.20. The summed E-state index contributed by atoms with van der Waals surface area (Å²) in [4.78, 5) is 15.0. The lowest BCUT2D eigenvalue weighted by atomic mass is 10.1. The second-order valence-corrected chi connectivity index (χ2v) is 5.01. The summed E-state index contributed by atoms with van der Waals surface area (Å²) in [5, 5.41) is 20.5. The largest absolute Gasteiger partial charge is 0.477 e. The van der Waals surface area contributed by atoms with Crippen LogP contribution in [-0.2, 0) is 11.3 Å². The standard InChI is InChI=1S/C14H11Cl2N3O2/c15-9-4-3-8(11(16)6-9)7-19-13-10(2-1-5-18-13)12(17)14(20)21/h1-6,17H,7H2,(H,18,19)(H,20,21). The average molecular weight is 324 g/mol. The first kappa shape index (κ1) is 15.3. The fourth-order valence-electron chi connectivity index (χ4n) is 1.71. The molecule has 0 aliphatic heterocycles. The highest BCUT2D eigenvalue weighted by Crippen LogP contribution is 2.22. The van der Waals surface area contributed by atoms with Crippen molar-refractivity contribution in [1.29, 1.82) is 5.41 Å². The van der Waals surface area contributed by atoms with Crippen LogP contribution in [0.2, 0.25) is 10.0 Å². The Morgan fingerprint density at radius 3 is 2.76 bits per heavy atom. The van der Waals surface area contributed by atoms with Crippen molar-refractivity contribution in [2.24, 2.45) is 0 Å². The third-order valence-electron chi connectivity index (χ3n) is 2.75. The predicted octanol–water partition coefficient (Wildman–Crippen LogP) is 3.45. The van der Waals surface area contributed by atoms with Crippen molar-refractivity contribution in [2.45, 2.75) is 6.54 Å². The Hall–Kier alpha value is -2.11. The van der Waals surface area contributed by atoms with E-state index < -0.39 is 11.7 Å². The molecule has 5 nitrogen and oxygen atoms in total. The minimum absolute atomic E-state index is 0.218. The van der Waals surface area contributed by atoms with Crippen LogP contribution in [0.25, 0.3) is 0 Å². The molecule has 1 aromatic heterocycles. The number of rotatable bonds is 5. The summed E-state index contributed by atoms with van der Waals surface area (Å²) in [6, 6.07) is 8.20. The summed E-state index contributed by atoms with van der Waals surface area (Å²) < 4.78 is 0. The van der Waals surface area contributed by atoms with Gasteiger partial charge in [0, 0.05) is 28.4 Å². The summed E-state index contributed by atoms with van der Waals surface area (Å²) in [5.74, 6) is -0.994. The molecule has 0 bridgehead atoms. The first-order chi connectivity index (χ1) is 9.99. The zero-order chi connectivity index (χ0) is 15.4. The van der Waals surface area contributed by atoms with E-state index in [1.165, 1.54) is 12.3 Å². The molecular weight excluding hydrogens is 313 g/mol. The van der Waals surface area contributed by atoms with Crippen molar-refractivity contribution in [2.75, 3.05) is 5.32 Å². The van der Waals surface area contributed by atoms with E-state index in [1.54, 1.807) is 24.3 Å². The highest BCUT2D eigenvalue weighted by Gasteiger charge is 2.15. The van der Waals surface area contributed by atoms with Crippen LogP contribution in [0, 0.1) is 5.41 Å². The zero-order valence-electron chi connectivity index (χ0n) is 10.7. The van der Waals surface area contributed by atoms with Gasteiger partial charge in [-0.05, 0) is 29.8 Å². The van der Waals surface area contributed by atoms with E-state index in [0.29, 0.717) is 22.4 Å². The second-order valence-electron chi connectivity index (χ2n) is 4.17. The van der Waals surface area contributed by atoms with E-state index in [4.69, 9.17) is 33.7 Å². The summed E-state index contributed by atoms with van der Waals surface area (Å²) in [6.07, 6.45) is 1.52. The quantitative estimate of drug-likeness (QED) is 0.735. The molecule has 0 aliphatic carbocycles. The first-order valence-electron chi connectivity index (χ1n) is 5.94.